The Balaban J connectivity index is 4.47. The minimum atomic E-state index is -0.796. The van der Waals surface area contributed by atoms with Crippen LogP contribution in [0.5, 0.6) is 0 Å². The Morgan fingerprint density at radius 3 is 1.14 bits per heavy atom. The number of hydrogen-bond donors (Lipinski definition) is 0. The van der Waals surface area contributed by atoms with E-state index in [4.69, 9.17) is 14.2 Å². The van der Waals surface area contributed by atoms with Gasteiger partial charge in [-0.15, -0.1) is 0 Å². The molecule has 1 atom stereocenters. The first-order valence-electron chi connectivity index (χ1n) is 23.9. The normalized spacial score (nSPS) is 12.7. The molecule has 58 heavy (non-hydrogen) atoms. The van der Waals surface area contributed by atoms with E-state index in [0.717, 1.165) is 109 Å². The first kappa shape index (κ1) is 54.9. The molecule has 0 spiro atoms. The fourth-order valence-electron chi connectivity index (χ4n) is 6.33. The van der Waals surface area contributed by atoms with E-state index in [1.54, 1.807) is 0 Å². The molecule has 0 aliphatic carbocycles. The number of carbonyl (C=O) groups is 3. The molecule has 0 aromatic rings. The molecule has 0 aromatic carbocycles. The summed E-state index contributed by atoms with van der Waals surface area (Å²) in [6.45, 7) is 6.41. The topological polar surface area (TPSA) is 78.9 Å². The second-order valence-corrected chi connectivity index (χ2v) is 15.6. The van der Waals surface area contributed by atoms with E-state index < -0.39 is 6.10 Å². The van der Waals surface area contributed by atoms with E-state index >= 15 is 0 Å². The van der Waals surface area contributed by atoms with Crippen LogP contribution in [0.2, 0.25) is 0 Å². The van der Waals surface area contributed by atoms with Crippen molar-refractivity contribution in [1.29, 1.82) is 0 Å². The van der Waals surface area contributed by atoms with Crippen LogP contribution in [0.15, 0.2) is 72.9 Å². The summed E-state index contributed by atoms with van der Waals surface area (Å²) < 4.78 is 16.7. The van der Waals surface area contributed by atoms with Crippen molar-refractivity contribution in [2.75, 3.05) is 13.2 Å². The highest BCUT2D eigenvalue weighted by molar-refractivity contribution is 5.71. The highest BCUT2D eigenvalue weighted by Crippen LogP contribution is 2.14. The van der Waals surface area contributed by atoms with Gasteiger partial charge in [0, 0.05) is 19.3 Å². The summed E-state index contributed by atoms with van der Waals surface area (Å²) in [4.78, 5) is 37.8. The lowest BCUT2D eigenvalue weighted by Gasteiger charge is -2.18. The fourth-order valence-corrected chi connectivity index (χ4v) is 6.33. The molecule has 332 valence electrons. The maximum atomic E-state index is 12.7. The first-order valence-corrected chi connectivity index (χ1v) is 23.9. The zero-order valence-electron chi connectivity index (χ0n) is 37.8. The van der Waals surface area contributed by atoms with E-state index in [2.05, 4.69) is 93.7 Å². The Morgan fingerprint density at radius 2 is 0.690 bits per heavy atom. The van der Waals surface area contributed by atoms with Gasteiger partial charge in [-0.1, -0.05) is 190 Å². The fraction of sp³-hybridized carbons (Fsp3) is 0.712. The number of hydrogen-bond acceptors (Lipinski definition) is 6. The Morgan fingerprint density at radius 1 is 0.362 bits per heavy atom. The van der Waals surface area contributed by atoms with Crippen LogP contribution in [0.3, 0.4) is 0 Å². The Bertz CT molecular complexity index is 1110. The molecule has 0 amide bonds. The number of esters is 3. The number of allylic oxidation sites excluding steroid dienone is 12. The molecule has 0 aliphatic heterocycles. The van der Waals surface area contributed by atoms with Gasteiger partial charge in [0.25, 0.3) is 0 Å². The molecule has 0 aliphatic rings. The lowest BCUT2D eigenvalue weighted by Crippen LogP contribution is -2.30. The maximum absolute atomic E-state index is 12.7. The van der Waals surface area contributed by atoms with E-state index in [1.807, 2.05) is 0 Å². The SMILES string of the molecule is CC/C=C\C/C=C\C/C=C\C/C=C\CCCCC(=O)OC[C@@H](COC(=O)CCCCCCCCCCCCC)OC(=O)CCCCCCC/C=C\C/C=C\CCCC. The number of unbranched alkanes of at least 4 members (excludes halogenated alkanes) is 19. The Labute approximate surface area is 357 Å². The second kappa shape index (κ2) is 46.5. The summed E-state index contributed by atoms with van der Waals surface area (Å²) >= 11 is 0. The molecular weight excluding hydrogens is 721 g/mol. The van der Waals surface area contributed by atoms with Gasteiger partial charge in [-0.25, -0.2) is 0 Å². The average Bonchev–Trinajstić information content (AvgIpc) is 3.22. The van der Waals surface area contributed by atoms with E-state index in [-0.39, 0.29) is 31.1 Å². The molecule has 0 N–H and O–H groups in total. The highest BCUT2D eigenvalue weighted by atomic mass is 16.6. The van der Waals surface area contributed by atoms with Crippen molar-refractivity contribution in [2.45, 2.75) is 226 Å². The Hall–Kier alpha value is -3.15. The van der Waals surface area contributed by atoms with Gasteiger partial charge < -0.3 is 14.2 Å². The summed E-state index contributed by atoms with van der Waals surface area (Å²) in [7, 11) is 0. The lowest BCUT2D eigenvalue weighted by molar-refractivity contribution is -0.167. The third-order valence-electron chi connectivity index (χ3n) is 9.95. The van der Waals surface area contributed by atoms with Crippen LogP contribution in [-0.2, 0) is 28.6 Å². The van der Waals surface area contributed by atoms with Crippen LogP contribution in [0, 0.1) is 0 Å². The first-order chi connectivity index (χ1) is 28.5. The molecule has 6 heteroatoms. The van der Waals surface area contributed by atoms with Crippen LogP contribution in [0.25, 0.3) is 0 Å². The lowest BCUT2D eigenvalue weighted by atomic mass is 10.1. The van der Waals surface area contributed by atoms with Gasteiger partial charge in [0.15, 0.2) is 6.10 Å². The molecule has 0 saturated carbocycles. The van der Waals surface area contributed by atoms with Crippen LogP contribution in [-0.4, -0.2) is 37.2 Å². The van der Waals surface area contributed by atoms with Gasteiger partial charge in [-0.05, 0) is 83.5 Å². The number of rotatable bonds is 42. The number of carbonyl (C=O) groups excluding carboxylic acids is 3. The molecule has 0 heterocycles. The van der Waals surface area contributed by atoms with Crippen molar-refractivity contribution >= 4 is 17.9 Å². The third kappa shape index (κ3) is 44.0. The van der Waals surface area contributed by atoms with Crippen molar-refractivity contribution in [3.63, 3.8) is 0 Å². The van der Waals surface area contributed by atoms with Crippen LogP contribution in [0.1, 0.15) is 220 Å². The Kier molecular flexibility index (Phi) is 44.0. The molecule has 0 fully saturated rings. The van der Waals surface area contributed by atoms with Gasteiger partial charge in [-0.3, -0.25) is 14.4 Å². The van der Waals surface area contributed by atoms with Crippen molar-refractivity contribution < 1.29 is 28.6 Å². The molecule has 0 rings (SSSR count). The van der Waals surface area contributed by atoms with Crippen LogP contribution in [0.4, 0.5) is 0 Å². The monoisotopic (exact) mass is 809 g/mol. The standard InChI is InChI=1S/C52H88O6/c1-4-7-10-13-16-19-22-24-26-28-30-33-36-39-42-45-51(54)57-48-49(47-56-50(53)44-41-38-35-32-29-21-18-15-12-9-6-3)58-52(55)46-43-40-37-34-31-27-25-23-20-17-14-11-8-5-2/h7,10,14,16-17,19,23-26,30,33,49H,4-6,8-9,11-13,15,18,20-22,27-29,31-32,34-48H2,1-3H3/b10-7-,17-14-,19-16-,25-23-,26-24-,33-30-/t49-/m1/s1. The molecule has 6 nitrogen and oxygen atoms in total. The zero-order valence-corrected chi connectivity index (χ0v) is 37.8. The summed E-state index contributed by atoms with van der Waals surface area (Å²) in [5.74, 6) is -0.954. The molecule has 0 bridgehead atoms. The van der Waals surface area contributed by atoms with E-state index in [0.29, 0.717) is 19.3 Å². The van der Waals surface area contributed by atoms with Crippen LogP contribution < -0.4 is 0 Å². The van der Waals surface area contributed by atoms with Gasteiger partial charge in [0.1, 0.15) is 13.2 Å². The zero-order chi connectivity index (χ0) is 42.3. The number of ether oxygens (including phenoxy) is 3. The maximum Gasteiger partial charge on any atom is 0.306 e. The van der Waals surface area contributed by atoms with E-state index in [1.165, 1.54) is 70.6 Å². The summed E-state index contributed by atoms with van der Waals surface area (Å²) in [5, 5.41) is 0. The highest BCUT2D eigenvalue weighted by Gasteiger charge is 2.19. The summed E-state index contributed by atoms with van der Waals surface area (Å²) in [5.41, 5.74) is 0. The summed E-state index contributed by atoms with van der Waals surface area (Å²) in [6, 6.07) is 0. The van der Waals surface area contributed by atoms with Crippen LogP contribution >= 0.6 is 0 Å². The molecule has 0 saturated heterocycles. The molecule has 0 radical (unpaired) electrons. The minimum absolute atomic E-state index is 0.0935. The average molecular weight is 809 g/mol. The smallest absolute Gasteiger partial charge is 0.306 e. The van der Waals surface area contributed by atoms with Gasteiger partial charge in [0.2, 0.25) is 0 Å². The van der Waals surface area contributed by atoms with E-state index in [9.17, 15) is 14.4 Å². The quantitative estimate of drug-likeness (QED) is 0.0264. The van der Waals surface area contributed by atoms with Crippen molar-refractivity contribution in [1.82, 2.24) is 0 Å². The largest absolute Gasteiger partial charge is 0.462 e. The summed E-state index contributed by atoms with van der Waals surface area (Å²) in [6.07, 6.45) is 57.4. The van der Waals surface area contributed by atoms with Gasteiger partial charge in [-0.2, -0.15) is 0 Å². The third-order valence-corrected chi connectivity index (χ3v) is 9.95. The molecular formula is C52H88O6. The van der Waals surface area contributed by atoms with Gasteiger partial charge in [0.05, 0.1) is 0 Å². The van der Waals surface area contributed by atoms with Crippen molar-refractivity contribution in [3.05, 3.63) is 72.9 Å². The molecule has 0 unspecified atom stereocenters. The second-order valence-electron chi connectivity index (χ2n) is 15.6. The van der Waals surface area contributed by atoms with Crippen molar-refractivity contribution in [2.24, 2.45) is 0 Å². The molecule has 0 aromatic heterocycles. The predicted molar refractivity (Wildman–Crippen MR) is 247 cm³/mol. The minimum Gasteiger partial charge on any atom is -0.462 e. The van der Waals surface area contributed by atoms with Gasteiger partial charge >= 0.3 is 17.9 Å². The van der Waals surface area contributed by atoms with Crippen molar-refractivity contribution in [3.8, 4) is 0 Å². The predicted octanol–water partition coefficient (Wildman–Crippen LogP) is 15.5.